The van der Waals surface area contributed by atoms with Crippen LogP contribution in [0.5, 0.6) is 0 Å². The predicted molar refractivity (Wildman–Crippen MR) is 251 cm³/mol. The Morgan fingerprint density at radius 3 is 1.55 bits per heavy atom. The molecule has 0 atom stereocenters. The fraction of sp³-hybridized carbons (Fsp3) is 0. The lowest BCUT2D eigenvalue weighted by atomic mass is 9.88. The Kier molecular flexibility index (Phi) is 8.42. The third-order valence-electron chi connectivity index (χ3n) is 11.5. The molecule has 58 heavy (non-hydrogen) atoms. The molecule has 0 spiro atoms. The molecule has 2 heteroatoms. The summed E-state index contributed by atoms with van der Waals surface area (Å²) in [4.78, 5) is 2.49. The van der Waals surface area contributed by atoms with Crippen LogP contribution in [0.1, 0.15) is 0 Å². The highest BCUT2D eigenvalue weighted by Crippen LogP contribution is 2.49. The first-order valence-corrected chi connectivity index (χ1v) is 20.7. The molecule has 0 unspecified atom stereocenters. The van der Waals surface area contributed by atoms with E-state index >= 15 is 0 Å². The second kappa shape index (κ2) is 14.4. The minimum atomic E-state index is 1.10. The first kappa shape index (κ1) is 34.0. The van der Waals surface area contributed by atoms with Gasteiger partial charge in [0.25, 0.3) is 0 Å². The summed E-state index contributed by atoms with van der Waals surface area (Å²) in [7, 11) is 0. The van der Waals surface area contributed by atoms with E-state index in [2.05, 4.69) is 229 Å². The van der Waals surface area contributed by atoms with Crippen LogP contribution in [0, 0.1) is 0 Å². The molecule has 0 amide bonds. The number of rotatable bonds is 7. The van der Waals surface area contributed by atoms with Crippen molar-refractivity contribution in [3.05, 3.63) is 224 Å². The summed E-state index contributed by atoms with van der Waals surface area (Å²) in [5.74, 6) is 0. The van der Waals surface area contributed by atoms with Crippen molar-refractivity contribution in [2.24, 2.45) is 0 Å². The average molecular weight is 756 g/mol. The Bertz CT molecular complexity index is 3300. The van der Waals surface area contributed by atoms with E-state index in [1.54, 1.807) is 0 Å². The van der Waals surface area contributed by atoms with Crippen molar-refractivity contribution < 1.29 is 0 Å². The van der Waals surface area contributed by atoms with Gasteiger partial charge in [0.2, 0.25) is 0 Å². The second-order valence-electron chi connectivity index (χ2n) is 14.8. The van der Waals surface area contributed by atoms with Crippen molar-refractivity contribution in [1.82, 2.24) is 0 Å². The summed E-state index contributed by atoms with van der Waals surface area (Å²) < 4.78 is 2.61. The summed E-state index contributed by atoms with van der Waals surface area (Å²) in [6.07, 6.45) is 0. The lowest BCUT2D eigenvalue weighted by molar-refractivity contribution is 1.29. The van der Waals surface area contributed by atoms with E-state index in [0.29, 0.717) is 0 Å². The number of para-hydroxylation sites is 2. The molecule has 0 radical (unpaired) electrons. The highest BCUT2D eigenvalue weighted by molar-refractivity contribution is 7.26. The molecule has 272 valence electrons. The second-order valence-corrected chi connectivity index (χ2v) is 15.9. The zero-order chi connectivity index (χ0) is 38.4. The van der Waals surface area contributed by atoms with Gasteiger partial charge in [-0.25, -0.2) is 0 Å². The zero-order valence-corrected chi connectivity index (χ0v) is 32.5. The van der Waals surface area contributed by atoms with Gasteiger partial charge < -0.3 is 4.90 Å². The summed E-state index contributed by atoms with van der Waals surface area (Å²) in [6.45, 7) is 0. The Labute approximate surface area is 342 Å². The average Bonchev–Trinajstić information content (AvgIpc) is 3.69. The maximum Gasteiger partial charge on any atom is 0.0540 e. The molecule has 0 aliphatic heterocycles. The van der Waals surface area contributed by atoms with Gasteiger partial charge in [0.1, 0.15) is 0 Å². The van der Waals surface area contributed by atoms with Crippen molar-refractivity contribution in [1.29, 1.82) is 0 Å². The van der Waals surface area contributed by atoms with Crippen molar-refractivity contribution in [3.8, 4) is 44.5 Å². The molecule has 0 fully saturated rings. The van der Waals surface area contributed by atoms with Gasteiger partial charge in [-0.3, -0.25) is 0 Å². The topological polar surface area (TPSA) is 3.24 Å². The molecule has 1 heterocycles. The normalized spacial score (nSPS) is 11.4. The van der Waals surface area contributed by atoms with Crippen molar-refractivity contribution in [2.45, 2.75) is 0 Å². The lowest BCUT2D eigenvalue weighted by Gasteiger charge is -2.30. The Balaban J connectivity index is 1.17. The number of benzene rings is 10. The maximum absolute atomic E-state index is 2.49. The van der Waals surface area contributed by atoms with E-state index in [4.69, 9.17) is 0 Å². The highest BCUT2D eigenvalue weighted by atomic mass is 32.1. The van der Waals surface area contributed by atoms with Crippen LogP contribution in [0.4, 0.5) is 17.1 Å². The number of fused-ring (bicyclic) bond motifs is 6. The van der Waals surface area contributed by atoms with Crippen molar-refractivity contribution >= 4 is 70.1 Å². The fourth-order valence-corrected chi connectivity index (χ4v) is 10.1. The number of thiophene rings is 1. The summed E-state index contributed by atoms with van der Waals surface area (Å²) in [6, 6.07) is 82.0. The summed E-state index contributed by atoms with van der Waals surface area (Å²) >= 11 is 1.88. The Morgan fingerprint density at radius 1 is 0.293 bits per heavy atom. The number of hydrogen-bond donors (Lipinski definition) is 0. The van der Waals surface area contributed by atoms with E-state index in [1.165, 1.54) is 80.7 Å². The molecule has 1 nitrogen and oxygen atoms in total. The van der Waals surface area contributed by atoms with Crippen LogP contribution < -0.4 is 4.90 Å². The molecule has 0 N–H and O–H groups in total. The first-order chi connectivity index (χ1) is 28.8. The zero-order valence-electron chi connectivity index (χ0n) is 31.7. The largest absolute Gasteiger partial charge is 0.309 e. The van der Waals surface area contributed by atoms with E-state index < -0.39 is 0 Å². The molecule has 0 saturated heterocycles. The van der Waals surface area contributed by atoms with Gasteiger partial charge >= 0.3 is 0 Å². The van der Waals surface area contributed by atoms with Gasteiger partial charge in [-0.1, -0.05) is 194 Å². The molecule has 10 aromatic carbocycles. The van der Waals surface area contributed by atoms with E-state index in [-0.39, 0.29) is 0 Å². The van der Waals surface area contributed by atoms with Crippen LogP contribution in [-0.4, -0.2) is 0 Å². The van der Waals surface area contributed by atoms with Crippen molar-refractivity contribution in [2.75, 3.05) is 4.90 Å². The summed E-state index contributed by atoms with van der Waals surface area (Å²) in [5.41, 5.74) is 12.9. The molecule has 11 rings (SSSR count). The molecular weight excluding hydrogens is 719 g/mol. The molecule has 1 aromatic heterocycles. The highest BCUT2D eigenvalue weighted by Gasteiger charge is 2.24. The molecule has 0 saturated carbocycles. The van der Waals surface area contributed by atoms with Gasteiger partial charge in [0, 0.05) is 42.6 Å². The van der Waals surface area contributed by atoms with Gasteiger partial charge in [-0.15, -0.1) is 11.3 Å². The van der Waals surface area contributed by atoms with E-state index in [0.717, 1.165) is 22.6 Å². The van der Waals surface area contributed by atoms with E-state index in [9.17, 15) is 0 Å². The lowest BCUT2D eigenvalue weighted by Crippen LogP contribution is -2.12. The van der Waals surface area contributed by atoms with Gasteiger partial charge in [0.15, 0.2) is 0 Å². The third-order valence-corrected chi connectivity index (χ3v) is 12.7. The van der Waals surface area contributed by atoms with Gasteiger partial charge in [-0.05, 0) is 79.7 Å². The minimum absolute atomic E-state index is 1.10. The van der Waals surface area contributed by atoms with Crippen LogP contribution in [0.15, 0.2) is 224 Å². The third kappa shape index (κ3) is 5.77. The van der Waals surface area contributed by atoms with Crippen LogP contribution in [0.3, 0.4) is 0 Å². The van der Waals surface area contributed by atoms with Gasteiger partial charge in [0.05, 0.1) is 11.4 Å². The van der Waals surface area contributed by atoms with E-state index in [1.807, 2.05) is 11.3 Å². The Hall–Kier alpha value is -7.26. The van der Waals surface area contributed by atoms with Crippen molar-refractivity contribution in [3.63, 3.8) is 0 Å². The quantitative estimate of drug-likeness (QED) is 0.146. The standard InChI is InChI=1S/C56H37NS/c1-2-17-38(18-3-1)43-21-6-7-22-45(43)46-23-8-9-24-47(46)48-25-10-13-30-53(48)57(41-35-36-44-40(37-41)34-33-39-19-4-5-20-42(39)44)54-31-14-11-26-49(54)51-28-16-29-52-50-27-12-15-32-55(50)58-56(51)52/h1-37H. The van der Waals surface area contributed by atoms with Crippen LogP contribution >= 0.6 is 11.3 Å². The molecular formula is C56H37NS. The van der Waals surface area contributed by atoms with Crippen LogP contribution in [0.2, 0.25) is 0 Å². The Morgan fingerprint density at radius 2 is 0.793 bits per heavy atom. The monoisotopic (exact) mass is 755 g/mol. The number of nitrogens with zero attached hydrogens (tertiary/aromatic N) is 1. The molecule has 0 aliphatic rings. The predicted octanol–water partition coefficient (Wildman–Crippen LogP) is 16.5. The first-order valence-electron chi connectivity index (χ1n) is 19.8. The van der Waals surface area contributed by atoms with Crippen LogP contribution in [0.25, 0.3) is 86.2 Å². The maximum atomic E-state index is 2.49. The summed E-state index contributed by atoms with van der Waals surface area (Å²) in [5, 5.41) is 7.57. The smallest absolute Gasteiger partial charge is 0.0540 e. The number of hydrogen-bond acceptors (Lipinski definition) is 2. The molecule has 0 bridgehead atoms. The fourth-order valence-electron chi connectivity index (χ4n) is 8.84. The SMILES string of the molecule is c1ccc(-c2ccccc2-c2ccccc2-c2ccccc2N(c2ccc3c(ccc4ccccc43)c2)c2ccccc2-c2cccc3c2sc2ccccc23)cc1. The number of anilines is 3. The van der Waals surface area contributed by atoms with Crippen LogP contribution in [-0.2, 0) is 0 Å². The molecule has 0 aliphatic carbocycles. The molecule has 11 aromatic rings. The minimum Gasteiger partial charge on any atom is -0.309 e. The van der Waals surface area contributed by atoms with Gasteiger partial charge in [-0.2, -0.15) is 0 Å².